The first-order valence-corrected chi connectivity index (χ1v) is 7.11. The van der Waals surface area contributed by atoms with Crippen LogP contribution < -0.4 is 5.32 Å². The molecule has 1 N–H and O–H groups in total. The third kappa shape index (κ3) is 5.31. The number of hydrogen-bond donors (Lipinski definition) is 1. The highest BCUT2D eigenvalue weighted by Crippen LogP contribution is 2.29. The summed E-state index contributed by atoms with van der Waals surface area (Å²) in [4.78, 5) is 2.68. The third-order valence-corrected chi connectivity index (χ3v) is 3.48. The van der Waals surface area contributed by atoms with Crippen LogP contribution in [0.3, 0.4) is 0 Å². The van der Waals surface area contributed by atoms with E-state index >= 15 is 0 Å². The average Bonchev–Trinajstić information content (AvgIpc) is 3.02. The van der Waals surface area contributed by atoms with Crippen LogP contribution in [0.2, 0.25) is 0 Å². The molecule has 0 aromatic carbocycles. The Bertz CT molecular complexity index is 176. The summed E-state index contributed by atoms with van der Waals surface area (Å²) in [5.74, 6) is 0.774. The van der Waals surface area contributed by atoms with Gasteiger partial charge in [0.15, 0.2) is 0 Å². The molecular formula is C14H30N2. The van der Waals surface area contributed by atoms with Crippen LogP contribution >= 0.6 is 0 Å². The van der Waals surface area contributed by atoms with Crippen LogP contribution in [0.5, 0.6) is 0 Å². The molecule has 0 spiro atoms. The monoisotopic (exact) mass is 226 g/mol. The maximum absolute atomic E-state index is 3.52. The van der Waals surface area contributed by atoms with Gasteiger partial charge in [0.05, 0.1) is 0 Å². The van der Waals surface area contributed by atoms with E-state index in [-0.39, 0.29) is 0 Å². The standard InChI is InChI=1S/C14H30N2/c1-5-16(14-8-9-14)13(4)7-6-10-15-11-12(2)3/h12-15H,5-11H2,1-4H3. The molecule has 1 fully saturated rings. The second-order valence-corrected chi connectivity index (χ2v) is 5.65. The van der Waals surface area contributed by atoms with E-state index in [1.165, 1.54) is 38.8 Å². The van der Waals surface area contributed by atoms with Crippen molar-refractivity contribution in [2.45, 2.75) is 65.5 Å². The predicted octanol–water partition coefficient (Wildman–Crippen LogP) is 2.89. The van der Waals surface area contributed by atoms with Gasteiger partial charge in [-0.05, 0) is 58.2 Å². The van der Waals surface area contributed by atoms with Gasteiger partial charge in [0, 0.05) is 12.1 Å². The third-order valence-electron chi connectivity index (χ3n) is 3.48. The van der Waals surface area contributed by atoms with Gasteiger partial charge in [-0.3, -0.25) is 4.90 Å². The Kier molecular flexibility index (Phi) is 6.37. The van der Waals surface area contributed by atoms with Crippen molar-refractivity contribution in [3.63, 3.8) is 0 Å². The molecule has 0 amide bonds. The molecule has 1 rings (SSSR count). The molecule has 0 bridgehead atoms. The summed E-state index contributed by atoms with van der Waals surface area (Å²) in [7, 11) is 0. The highest BCUT2D eigenvalue weighted by Gasteiger charge is 2.30. The highest BCUT2D eigenvalue weighted by molar-refractivity contribution is 4.86. The minimum absolute atomic E-state index is 0.774. The van der Waals surface area contributed by atoms with E-state index in [9.17, 15) is 0 Å². The minimum atomic E-state index is 0.774. The van der Waals surface area contributed by atoms with Crippen molar-refractivity contribution in [1.29, 1.82) is 0 Å². The van der Waals surface area contributed by atoms with Gasteiger partial charge >= 0.3 is 0 Å². The van der Waals surface area contributed by atoms with Gasteiger partial charge in [0.25, 0.3) is 0 Å². The summed E-state index contributed by atoms with van der Waals surface area (Å²) in [6.45, 7) is 12.8. The Morgan fingerprint density at radius 2 is 1.94 bits per heavy atom. The molecule has 0 heterocycles. The van der Waals surface area contributed by atoms with Crippen LogP contribution in [0.1, 0.15) is 53.4 Å². The lowest BCUT2D eigenvalue weighted by Crippen LogP contribution is -2.35. The van der Waals surface area contributed by atoms with Gasteiger partial charge in [-0.15, -0.1) is 0 Å². The van der Waals surface area contributed by atoms with Crippen molar-refractivity contribution in [2.24, 2.45) is 5.92 Å². The Hall–Kier alpha value is -0.0800. The molecule has 2 heteroatoms. The van der Waals surface area contributed by atoms with Gasteiger partial charge in [0.2, 0.25) is 0 Å². The summed E-state index contributed by atoms with van der Waals surface area (Å²) in [5.41, 5.74) is 0. The molecule has 1 aliphatic rings. The molecule has 1 saturated carbocycles. The van der Waals surface area contributed by atoms with Gasteiger partial charge < -0.3 is 5.32 Å². The smallest absolute Gasteiger partial charge is 0.00991 e. The van der Waals surface area contributed by atoms with Crippen molar-refractivity contribution in [1.82, 2.24) is 10.2 Å². The molecule has 1 aliphatic carbocycles. The largest absolute Gasteiger partial charge is 0.316 e. The predicted molar refractivity (Wildman–Crippen MR) is 71.8 cm³/mol. The van der Waals surface area contributed by atoms with Crippen LogP contribution in [0.4, 0.5) is 0 Å². The number of nitrogens with zero attached hydrogens (tertiary/aromatic N) is 1. The number of rotatable bonds is 9. The SMILES string of the molecule is CCN(C(C)CCCNCC(C)C)C1CC1. The molecule has 2 nitrogen and oxygen atoms in total. The first-order chi connectivity index (χ1) is 7.65. The fourth-order valence-electron chi connectivity index (χ4n) is 2.41. The summed E-state index contributed by atoms with van der Waals surface area (Å²) >= 11 is 0. The normalized spacial score (nSPS) is 18.4. The summed E-state index contributed by atoms with van der Waals surface area (Å²) in [6, 6.07) is 1.70. The van der Waals surface area contributed by atoms with E-state index < -0.39 is 0 Å². The van der Waals surface area contributed by atoms with Crippen molar-refractivity contribution >= 4 is 0 Å². The van der Waals surface area contributed by atoms with Gasteiger partial charge in [-0.25, -0.2) is 0 Å². The minimum Gasteiger partial charge on any atom is -0.316 e. The molecule has 1 atom stereocenters. The highest BCUT2D eigenvalue weighted by atomic mass is 15.2. The van der Waals surface area contributed by atoms with Crippen LogP contribution in [-0.2, 0) is 0 Å². The lowest BCUT2D eigenvalue weighted by Gasteiger charge is -2.27. The molecular weight excluding hydrogens is 196 g/mol. The lowest BCUT2D eigenvalue weighted by atomic mass is 10.1. The molecule has 1 unspecified atom stereocenters. The topological polar surface area (TPSA) is 15.3 Å². The van der Waals surface area contributed by atoms with Crippen molar-refractivity contribution in [3.05, 3.63) is 0 Å². The Morgan fingerprint density at radius 3 is 2.44 bits per heavy atom. The van der Waals surface area contributed by atoms with Crippen LogP contribution in [0, 0.1) is 5.92 Å². The molecule has 16 heavy (non-hydrogen) atoms. The molecule has 0 radical (unpaired) electrons. The van der Waals surface area contributed by atoms with Crippen molar-refractivity contribution in [3.8, 4) is 0 Å². The van der Waals surface area contributed by atoms with Crippen LogP contribution in [0.15, 0.2) is 0 Å². The molecule has 96 valence electrons. The van der Waals surface area contributed by atoms with Crippen LogP contribution in [0.25, 0.3) is 0 Å². The van der Waals surface area contributed by atoms with Gasteiger partial charge in [-0.2, -0.15) is 0 Å². The average molecular weight is 226 g/mol. The Labute approximate surface area is 102 Å². The number of hydrogen-bond acceptors (Lipinski definition) is 2. The van der Waals surface area contributed by atoms with Crippen molar-refractivity contribution in [2.75, 3.05) is 19.6 Å². The Balaban J connectivity index is 2.02. The summed E-state index contributed by atoms with van der Waals surface area (Å²) in [5, 5.41) is 3.52. The van der Waals surface area contributed by atoms with Crippen LogP contribution in [-0.4, -0.2) is 36.6 Å². The quantitative estimate of drug-likeness (QED) is 0.608. The van der Waals surface area contributed by atoms with E-state index in [0.29, 0.717) is 0 Å². The first-order valence-electron chi connectivity index (χ1n) is 7.11. The molecule has 0 aromatic heterocycles. The molecule has 0 saturated heterocycles. The second kappa shape index (κ2) is 7.29. The zero-order valence-electron chi connectivity index (χ0n) is 11.6. The zero-order valence-corrected chi connectivity index (χ0v) is 11.6. The zero-order chi connectivity index (χ0) is 12.0. The van der Waals surface area contributed by atoms with E-state index in [4.69, 9.17) is 0 Å². The second-order valence-electron chi connectivity index (χ2n) is 5.65. The molecule has 0 aliphatic heterocycles. The maximum Gasteiger partial charge on any atom is 0.00991 e. The number of nitrogens with one attached hydrogen (secondary N) is 1. The van der Waals surface area contributed by atoms with E-state index in [0.717, 1.165) is 24.5 Å². The Morgan fingerprint density at radius 1 is 1.25 bits per heavy atom. The fraction of sp³-hybridized carbons (Fsp3) is 1.00. The summed E-state index contributed by atoms with van der Waals surface area (Å²) in [6.07, 6.45) is 5.53. The van der Waals surface area contributed by atoms with E-state index in [1.54, 1.807) is 0 Å². The van der Waals surface area contributed by atoms with Gasteiger partial charge in [0.1, 0.15) is 0 Å². The molecule has 0 aromatic rings. The van der Waals surface area contributed by atoms with E-state index in [2.05, 4.69) is 37.9 Å². The van der Waals surface area contributed by atoms with E-state index in [1.807, 2.05) is 0 Å². The first kappa shape index (κ1) is 14.0. The van der Waals surface area contributed by atoms with Crippen molar-refractivity contribution < 1.29 is 0 Å². The fourth-order valence-corrected chi connectivity index (χ4v) is 2.41. The summed E-state index contributed by atoms with van der Waals surface area (Å²) < 4.78 is 0. The maximum atomic E-state index is 3.52. The lowest BCUT2D eigenvalue weighted by molar-refractivity contribution is 0.197. The van der Waals surface area contributed by atoms with Gasteiger partial charge in [-0.1, -0.05) is 20.8 Å².